The number of hydrogen-bond donors (Lipinski definition) is 2. The third-order valence-corrected chi connectivity index (χ3v) is 5.91. The van der Waals surface area contributed by atoms with Crippen molar-refractivity contribution in [1.29, 1.82) is 0 Å². The SMILES string of the molecule is O=C(CN1C(=O)[C@@H]2[C@H](C1=O)[C@H]1C=C[C@H]2C1)NCCNc1ncc(Cl)cc1Cl. The summed E-state index contributed by atoms with van der Waals surface area (Å²) in [5.74, 6) is -0.597. The Balaban J connectivity index is 1.25. The Labute approximate surface area is 166 Å². The Morgan fingerprint density at radius 3 is 2.44 bits per heavy atom. The molecule has 4 rings (SSSR count). The number of fused-ring (bicyclic) bond motifs is 5. The van der Waals surface area contributed by atoms with Gasteiger partial charge >= 0.3 is 0 Å². The molecule has 2 fully saturated rings. The molecular formula is C18H18Cl2N4O3. The molecule has 1 saturated carbocycles. The summed E-state index contributed by atoms with van der Waals surface area (Å²) in [6.45, 7) is 0.459. The number of nitrogens with zero attached hydrogens (tertiary/aromatic N) is 2. The van der Waals surface area contributed by atoms with Crippen molar-refractivity contribution < 1.29 is 14.4 Å². The molecule has 7 nitrogen and oxygen atoms in total. The number of likely N-dealkylation sites (tertiary alicyclic amines) is 1. The van der Waals surface area contributed by atoms with Crippen molar-refractivity contribution in [2.45, 2.75) is 6.42 Å². The number of imide groups is 1. The zero-order valence-electron chi connectivity index (χ0n) is 14.3. The van der Waals surface area contributed by atoms with Crippen LogP contribution in [0, 0.1) is 23.7 Å². The summed E-state index contributed by atoms with van der Waals surface area (Å²) in [7, 11) is 0. The van der Waals surface area contributed by atoms with Crippen LogP contribution in [0.1, 0.15) is 6.42 Å². The summed E-state index contributed by atoms with van der Waals surface area (Å²) in [5, 5.41) is 6.51. The number of halogens is 2. The summed E-state index contributed by atoms with van der Waals surface area (Å²) >= 11 is 11.8. The van der Waals surface area contributed by atoms with Crippen LogP contribution in [0.15, 0.2) is 24.4 Å². The number of aromatic nitrogens is 1. The Bertz CT molecular complexity index is 814. The normalized spacial score (nSPS) is 28.0. The molecule has 9 heteroatoms. The van der Waals surface area contributed by atoms with Gasteiger partial charge in [0, 0.05) is 19.3 Å². The van der Waals surface area contributed by atoms with Gasteiger partial charge in [0.05, 0.1) is 21.9 Å². The Hall–Kier alpha value is -2.12. The van der Waals surface area contributed by atoms with E-state index in [0.29, 0.717) is 29.0 Å². The number of hydrogen-bond acceptors (Lipinski definition) is 5. The second kappa shape index (κ2) is 7.13. The average Bonchev–Trinajstić information content (AvgIpc) is 3.30. The van der Waals surface area contributed by atoms with Crippen molar-refractivity contribution >= 4 is 46.7 Å². The van der Waals surface area contributed by atoms with Crippen LogP contribution < -0.4 is 10.6 Å². The lowest BCUT2D eigenvalue weighted by molar-refractivity contribution is -0.144. The van der Waals surface area contributed by atoms with Crippen molar-refractivity contribution in [2.75, 3.05) is 25.0 Å². The molecule has 27 heavy (non-hydrogen) atoms. The van der Waals surface area contributed by atoms with Gasteiger partial charge < -0.3 is 10.6 Å². The van der Waals surface area contributed by atoms with E-state index in [9.17, 15) is 14.4 Å². The fourth-order valence-corrected chi connectivity index (χ4v) is 4.69. The number of nitrogens with one attached hydrogen (secondary N) is 2. The molecule has 0 radical (unpaired) electrons. The van der Waals surface area contributed by atoms with E-state index in [1.165, 1.54) is 6.20 Å². The standard InChI is InChI=1S/C18H18Cl2N4O3/c19-11-6-12(20)16(23-7-11)22-4-3-21-13(25)8-24-17(26)14-9-1-2-10(5-9)15(14)18(24)27/h1-2,6-7,9-10,14-15H,3-5,8H2,(H,21,25)(H,22,23)/t9-,10-,14-,15+/m0/s1. The van der Waals surface area contributed by atoms with Gasteiger partial charge in [0.15, 0.2) is 0 Å². The fraction of sp³-hybridized carbons (Fsp3) is 0.444. The molecule has 2 aliphatic carbocycles. The highest BCUT2D eigenvalue weighted by Crippen LogP contribution is 2.52. The molecule has 142 valence electrons. The van der Waals surface area contributed by atoms with Gasteiger partial charge in [-0.2, -0.15) is 0 Å². The smallest absolute Gasteiger partial charge is 0.240 e. The predicted octanol–water partition coefficient (Wildman–Crippen LogP) is 1.72. The first-order chi connectivity index (χ1) is 13.0. The molecular weight excluding hydrogens is 391 g/mol. The van der Waals surface area contributed by atoms with Crippen molar-refractivity contribution in [3.05, 3.63) is 34.5 Å². The van der Waals surface area contributed by atoms with Gasteiger partial charge in [0.2, 0.25) is 17.7 Å². The van der Waals surface area contributed by atoms with Crippen LogP contribution >= 0.6 is 23.2 Å². The maximum atomic E-state index is 12.5. The summed E-state index contributed by atoms with van der Waals surface area (Å²) in [6.07, 6.45) is 6.40. The van der Waals surface area contributed by atoms with Crippen molar-refractivity contribution in [3.8, 4) is 0 Å². The number of allylic oxidation sites excluding steroid dienone is 2. The minimum atomic E-state index is -0.367. The number of carbonyl (C=O) groups is 3. The largest absolute Gasteiger partial charge is 0.367 e. The molecule has 2 N–H and O–H groups in total. The zero-order valence-corrected chi connectivity index (χ0v) is 15.8. The predicted molar refractivity (Wildman–Crippen MR) is 100 cm³/mol. The van der Waals surface area contributed by atoms with E-state index < -0.39 is 0 Å². The zero-order chi connectivity index (χ0) is 19.1. The van der Waals surface area contributed by atoms with E-state index >= 15 is 0 Å². The van der Waals surface area contributed by atoms with Gasteiger partial charge in [-0.05, 0) is 24.3 Å². The van der Waals surface area contributed by atoms with Gasteiger partial charge in [-0.1, -0.05) is 35.4 Å². The third-order valence-electron chi connectivity index (χ3n) is 5.41. The van der Waals surface area contributed by atoms with Gasteiger partial charge in [0.25, 0.3) is 0 Å². The van der Waals surface area contributed by atoms with Crippen LogP contribution in [0.4, 0.5) is 5.82 Å². The van der Waals surface area contributed by atoms with Crippen LogP contribution in [0.25, 0.3) is 0 Å². The molecule has 2 bridgehead atoms. The highest BCUT2D eigenvalue weighted by atomic mass is 35.5. The number of pyridine rings is 1. The molecule has 0 aromatic carbocycles. The van der Waals surface area contributed by atoms with E-state index in [4.69, 9.17) is 23.2 Å². The molecule has 1 saturated heterocycles. The lowest BCUT2D eigenvalue weighted by Crippen LogP contribution is -2.42. The number of anilines is 1. The first-order valence-corrected chi connectivity index (χ1v) is 9.56. The molecule has 3 aliphatic rings. The average molecular weight is 409 g/mol. The molecule has 3 amide bonds. The summed E-state index contributed by atoms with van der Waals surface area (Å²) in [6, 6.07) is 1.57. The van der Waals surface area contributed by atoms with Gasteiger partial charge in [-0.15, -0.1) is 0 Å². The molecule has 0 spiro atoms. The van der Waals surface area contributed by atoms with Gasteiger partial charge in [-0.3, -0.25) is 19.3 Å². The second-order valence-corrected chi connectivity index (χ2v) is 7.87. The highest BCUT2D eigenvalue weighted by Gasteiger charge is 2.59. The third kappa shape index (κ3) is 3.30. The minimum absolute atomic E-state index is 0.144. The van der Waals surface area contributed by atoms with E-state index in [2.05, 4.69) is 15.6 Å². The monoisotopic (exact) mass is 408 g/mol. The van der Waals surface area contributed by atoms with Crippen molar-refractivity contribution in [1.82, 2.24) is 15.2 Å². The van der Waals surface area contributed by atoms with Crippen LogP contribution in [0.2, 0.25) is 10.0 Å². The Kier molecular flexibility index (Phi) is 4.82. The molecule has 1 aromatic rings. The summed E-state index contributed by atoms with van der Waals surface area (Å²) in [5.41, 5.74) is 0. The fourth-order valence-electron chi connectivity index (χ4n) is 4.25. The first kappa shape index (κ1) is 18.3. The van der Waals surface area contributed by atoms with E-state index in [-0.39, 0.29) is 47.9 Å². The Morgan fingerprint density at radius 1 is 1.15 bits per heavy atom. The van der Waals surface area contributed by atoms with Crippen LogP contribution in [0.3, 0.4) is 0 Å². The van der Waals surface area contributed by atoms with Crippen molar-refractivity contribution in [3.63, 3.8) is 0 Å². The van der Waals surface area contributed by atoms with Crippen LogP contribution in [0.5, 0.6) is 0 Å². The minimum Gasteiger partial charge on any atom is -0.367 e. The topological polar surface area (TPSA) is 91.4 Å². The highest BCUT2D eigenvalue weighted by molar-refractivity contribution is 6.35. The van der Waals surface area contributed by atoms with E-state index in [0.717, 1.165) is 11.3 Å². The van der Waals surface area contributed by atoms with Crippen LogP contribution in [-0.4, -0.2) is 47.2 Å². The first-order valence-electron chi connectivity index (χ1n) is 8.81. The van der Waals surface area contributed by atoms with E-state index in [1.54, 1.807) is 6.07 Å². The van der Waals surface area contributed by atoms with Crippen molar-refractivity contribution in [2.24, 2.45) is 23.7 Å². The molecule has 1 aromatic heterocycles. The number of amides is 3. The molecule has 1 aliphatic heterocycles. The summed E-state index contributed by atoms with van der Waals surface area (Å²) < 4.78 is 0. The summed E-state index contributed by atoms with van der Waals surface area (Å²) in [4.78, 5) is 42.4. The molecule has 4 atom stereocenters. The lowest BCUT2D eigenvalue weighted by Gasteiger charge is -2.17. The maximum Gasteiger partial charge on any atom is 0.240 e. The quantitative estimate of drug-likeness (QED) is 0.424. The molecule has 0 unspecified atom stereocenters. The van der Waals surface area contributed by atoms with E-state index in [1.807, 2.05) is 12.2 Å². The van der Waals surface area contributed by atoms with Gasteiger partial charge in [-0.25, -0.2) is 4.98 Å². The van der Waals surface area contributed by atoms with Crippen LogP contribution in [-0.2, 0) is 14.4 Å². The number of rotatable bonds is 6. The molecule has 2 heterocycles. The number of carbonyl (C=O) groups excluding carboxylic acids is 3. The lowest BCUT2D eigenvalue weighted by atomic mass is 9.85. The second-order valence-electron chi connectivity index (χ2n) is 7.02. The van der Waals surface area contributed by atoms with Gasteiger partial charge in [0.1, 0.15) is 12.4 Å². The maximum absolute atomic E-state index is 12.5. The Morgan fingerprint density at radius 2 is 1.81 bits per heavy atom.